The lowest BCUT2D eigenvalue weighted by atomic mass is 9.87. The molecule has 1 heterocycles. The summed E-state index contributed by atoms with van der Waals surface area (Å²) in [4.78, 5) is 1.07. The third kappa shape index (κ3) is 1.87. The van der Waals surface area contributed by atoms with Crippen molar-refractivity contribution in [2.45, 2.75) is 32.8 Å². The monoisotopic (exact) mass is 234 g/mol. The van der Waals surface area contributed by atoms with E-state index in [0.29, 0.717) is 0 Å². The van der Waals surface area contributed by atoms with Gasteiger partial charge in [-0.2, -0.15) is 0 Å². The van der Waals surface area contributed by atoms with Crippen molar-refractivity contribution in [2.24, 2.45) is 5.92 Å². The van der Waals surface area contributed by atoms with Gasteiger partial charge in [-0.25, -0.2) is 0 Å². The summed E-state index contributed by atoms with van der Waals surface area (Å²) < 4.78 is 1.25. The lowest BCUT2D eigenvalue weighted by molar-refractivity contribution is 0.00359. The highest BCUT2D eigenvalue weighted by atomic mass is 32.1. The Balaban J connectivity index is 2.47. The van der Waals surface area contributed by atoms with Gasteiger partial charge in [-0.05, 0) is 30.4 Å². The van der Waals surface area contributed by atoms with Crippen molar-refractivity contribution in [2.75, 3.05) is 0 Å². The lowest BCUT2D eigenvalue weighted by Crippen LogP contribution is -2.28. The van der Waals surface area contributed by atoms with E-state index in [9.17, 15) is 5.11 Å². The molecule has 2 unspecified atom stereocenters. The Hall–Kier alpha value is -0.860. The van der Waals surface area contributed by atoms with Gasteiger partial charge in [0, 0.05) is 9.58 Å². The van der Waals surface area contributed by atoms with Gasteiger partial charge in [0.25, 0.3) is 0 Å². The first-order chi connectivity index (χ1) is 7.55. The van der Waals surface area contributed by atoms with Gasteiger partial charge >= 0.3 is 0 Å². The fraction of sp³-hybridized carbons (Fsp3) is 0.429. The molecule has 2 heteroatoms. The predicted octanol–water partition coefficient (Wildman–Crippen LogP) is 4.15. The summed E-state index contributed by atoms with van der Waals surface area (Å²) in [6, 6.07) is 10.4. The molecule has 1 N–H and O–H groups in total. The molecular weight excluding hydrogens is 216 g/mol. The van der Waals surface area contributed by atoms with Crippen LogP contribution < -0.4 is 0 Å². The molecule has 0 spiro atoms. The molecule has 1 aromatic carbocycles. The second-order valence-electron chi connectivity index (χ2n) is 4.61. The molecule has 2 atom stereocenters. The Labute approximate surface area is 101 Å². The Morgan fingerprint density at radius 2 is 2.06 bits per heavy atom. The van der Waals surface area contributed by atoms with Crippen LogP contribution in [0, 0.1) is 5.92 Å². The average molecular weight is 234 g/mol. The maximum absolute atomic E-state index is 10.6. The van der Waals surface area contributed by atoms with Gasteiger partial charge in [0.15, 0.2) is 0 Å². The van der Waals surface area contributed by atoms with Crippen LogP contribution in [0.3, 0.4) is 0 Å². The molecule has 0 bridgehead atoms. The molecule has 0 fully saturated rings. The first-order valence-corrected chi connectivity index (χ1v) is 6.58. The Morgan fingerprint density at radius 3 is 2.69 bits per heavy atom. The molecule has 1 nitrogen and oxygen atoms in total. The summed E-state index contributed by atoms with van der Waals surface area (Å²) in [5.41, 5.74) is -0.710. The van der Waals surface area contributed by atoms with Crippen molar-refractivity contribution in [3.8, 4) is 0 Å². The highest BCUT2D eigenvalue weighted by Gasteiger charge is 2.30. The van der Waals surface area contributed by atoms with E-state index in [4.69, 9.17) is 0 Å². The molecule has 1 aromatic heterocycles. The maximum atomic E-state index is 10.6. The van der Waals surface area contributed by atoms with Gasteiger partial charge in [0.05, 0.1) is 5.60 Å². The third-order valence-electron chi connectivity index (χ3n) is 3.50. The highest BCUT2D eigenvalue weighted by molar-refractivity contribution is 7.19. The van der Waals surface area contributed by atoms with E-state index >= 15 is 0 Å². The first kappa shape index (κ1) is 11.6. The zero-order chi connectivity index (χ0) is 11.8. The number of aliphatic hydroxyl groups is 1. The maximum Gasteiger partial charge on any atom is 0.0985 e. The summed E-state index contributed by atoms with van der Waals surface area (Å²) in [5.74, 6) is 0.278. The third-order valence-corrected chi connectivity index (χ3v) is 4.84. The minimum absolute atomic E-state index is 0.278. The topological polar surface area (TPSA) is 20.2 Å². The Bertz CT molecular complexity index is 451. The standard InChI is InChI=1S/C14H18OS/c1-4-10(2)14(3,15)13-9-11-7-5-6-8-12(11)16-13/h5-10,15H,4H2,1-3H3. The van der Waals surface area contributed by atoms with Crippen LogP contribution in [0.15, 0.2) is 30.3 Å². The van der Waals surface area contributed by atoms with E-state index in [-0.39, 0.29) is 5.92 Å². The van der Waals surface area contributed by atoms with Crippen molar-refractivity contribution >= 4 is 21.4 Å². The molecule has 0 aliphatic heterocycles. The van der Waals surface area contributed by atoms with Gasteiger partial charge in [-0.3, -0.25) is 0 Å². The zero-order valence-electron chi connectivity index (χ0n) is 10.0. The molecule has 0 radical (unpaired) electrons. The fourth-order valence-electron chi connectivity index (χ4n) is 1.87. The van der Waals surface area contributed by atoms with Crippen LogP contribution in [0.25, 0.3) is 10.1 Å². The minimum atomic E-state index is -0.710. The summed E-state index contributed by atoms with van der Waals surface area (Å²) >= 11 is 1.70. The van der Waals surface area contributed by atoms with Crippen LogP contribution in [0.5, 0.6) is 0 Å². The van der Waals surface area contributed by atoms with Crippen molar-refractivity contribution < 1.29 is 5.11 Å². The van der Waals surface area contributed by atoms with E-state index in [2.05, 4.69) is 32.0 Å². The summed E-state index contributed by atoms with van der Waals surface area (Å²) in [5, 5.41) is 11.8. The van der Waals surface area contributed by atoms with Gasteiger partial charge in [-0.1, -0.05) is 38.5 Å². The predicted molar refractivity (Wildman–Crippen MR) is 70.9 cm³/mol. The molecular formula is C14H18OS. The highest BCUT2D eigenvalue weighted by Crippen LogP contribution is 2.38. The number of fused-ring (bicyclic) bond motifs is 1. The molecule has 0 saturated carbocycles. The Morgan fingerprint density at radius 1 is 1.38 bits per heavy atom. The molecule has 16 heavy (non-hydrogen) atoms. The SMILES string of the molecule is CCC(C)C(C)(O)c1cc2ccccc2s1. The molecule has 0 aliphatic carbocycles. The van der Waals surface area contributed by atoms with Gasteiger partial charge in [0.2, 0.25) is 0 Å². The zero-order valence-corrected chi connectivity index (χ0v) is 10.8. The Kier molecular flexibility index (Phi) is 3.04. The van der Waals surface area contributed by atoms with Crippen molar-refractivity contribution in [3.63, 3.8) is 0 Å². The van der Waals surface area contributed by atoms with Crippen LogP contribution in [0.1, 0.15) is 32.1 Å². The quantitative estimate of drug-likeness (QED) is 0.845. The molecule has 2 rings (SSSR count). The normalized spacial score (nSPS) is 17.2. The first-order valence-electron chi connectivity index (χ1n) is 5.77. The van der Waals surface area contributed by atoms with Crippen molar-refractivity contribution in [1.29, 1.82) is 0 Å². The van der Waals surface area contributed by atoms with Crippen LogP contribution in [0.2, 0.25) is 0 Å². The van der Waals surface area contributed by atoms with Gasteiger partial charge < -0.3 is 5.11 Å². The number of benzene rings is 1. The number of rotatable bonds is 3. The lowest BCUT2D eigenvalue weighted by Gasteiger charge is -2.28. The van der Waals surface area contributed by atoms with Crippen LogP contribution in [-0.4, -0.2) is 5.11 Å². The summed E-state index contributed by atoms with van der Waals surface area (Å²) in [6.07, 6.45) is 0.987. The summed E-state index contributed by atoms with van der Waals surface area (Å²) in [6.45, 7) is 6.14. The second-order valence-corrected chi connectivity index (χ2v) is 5.69. The summed E-state index contributed by atoms with van der Waals surface area (Å²) in [7, 11) is 0. The van der Waals surface area contributed by atoms with E-state index in [0.717, 1.165) is 11.3 Å². The van der Waals surface area contributed by atoms with E-state index < -0.39 is 5.60 Å². The number of hydrogen-bond acceptors (Lipinski definition) is 2. The molecule has 86 valence electrons. The molecule has 0 aliphatic rings. The van der Waals surface area contributed by atoms with Crippen LogP contribution in [0.4, 0.5) is 0 Å². The molecule has 0 amide bonds. The van der Waals surface area contributed by atoms with Crippen LogP contribution >= 0.6 is 11.3 Å². The molecule has 0 saturated heterocycles. The largest absolute Gasteiger partial charge is 0.384 e. The van der Waals surface area contributed by atoms with Crippen LogP contribution in [-0.2, 0) is 5.60 Å². The van der Waals surface area contributed by atoms with E-state index in [1.807, 2.05) is 19.1 Å². The van der Waals surface area contributed by atoms with Crippen molar-refractivity contribution in [1.82, 2.24) is 0 Å². The van der Waals surface area contributed by atoms with Crippen molar-refractivity contribution in [3.05, 3.63) is 35.2 Å². The molecule has 2 aromatic rings. The number of hydrogen-bond donors (Lipinski definition) is 1. The smallest absolute Gasteiger partial charge is 0.0985 e. The second kappa shape index (κ2) is 4.19. The number of thiophene rings is 1. The van der Waals surface area contributed by atoms with E-state index in [1.165, 1.54) is 10.1 Å². The fourth-order valence-corrected chi connectivity index (χ4v) is 3.09. The average Bonchev–Trinajstić information content (AvgIpc) is 2.72. The minimum Gasteiger partial charge on any atom is -0.384 e. The van der Waals surface area contributed by atoms with Gasteiger partial charge in [0.1, 0.15) is 0 Å². The van der Waals surface area contributed by atoms with E-state index in [1.54, 1.807) is 11.3 Å². The van der Waals surface area contributed by atoms with Gasteiger partial charge in [-0.15, -0.1) is 11.3 Å².